The zero-order chi connectivity index (χ0) is 28.9. The molecule has 0 radical (unpaired) electrons. The average Bonchev–Trinajstić information content (AvgIpc) is 3.56. The maximum absolute atomic E-state index is 12.6. The van der Waals surface area contributed by atoms with Gasteiger partial charge in [0, 0.05) is 55.4 Å². The number of phenols is 1. The summed E-state index contributed by atoms with van der Waals surface area (Å²) in [7, 11) is 0. The number of nitrogens with zero attached hydrogens (tertiary/aromatic N) is 5. The van der Waals surface area contributed by atoms with Gasteiger partial charge in [0.25, 0.3) is 0 Å². The Morgan fingerprint density at radius 2 is 1.64 bits per heavy atom. The van der Waals surface area contributed by atoms with Crippen molar-refractivity contribution < 1.29 is 14.7 Å². The molecule has 5 heterocycles. The number of carbonyl (C=O) groups excluding carboxylic acids is 2. The quantitative estimate of drug-likeness (QED) is 0.155. The van der Waals surface area contributed by atoms with Crippen molar-refractivity contribution in [3.63, 3.8) is 0 Å². The Bertz CT molecular complexity index is 1230. The van der Waals surface area contributed by atoms with Gasteiger partial charge in [0.1, 0.15) is 5.75 Å². The van der Waals surface area contributed by atoms with Crippen LogP contribution in [0.5, 0.6) is 5.75 Å². The van der Waals surface area contributed by atoms with Crippen molar-refractivity contribution in [2.24, 2.45) is 0 Å². The molecule has 4 aliphatic rings. The van der Waals surface area contributed by atoms with Gasteiger partial charge in [-0.25, -0.2) is 4.79 Å². The number of thioether (sulfide) groups is 1. The number of rotatable bonds is 10. The van der Waals surface area contributed by atoms with Crippen molar-refractivity contribution in [2.75, 3.05) is 52.4 Å². The third kappa shape index (κ3) is 6.93. The van der Waals surface area contributed by atoms with Crippen molar-refractivity contribution in [1.82, 2.24) is 25.6 Å². The van der Waals surface area contributed by atoms with Gasteiger partial charge < -0.3 is 36.2 Å². The molecule has 4 aliphatic heterocycles. The van der Waals surface area contributed by atoms with Crippen LogP contribution in [0.2, 0.25) is 0 Å². The first kappa shape index (κ1) is 28.6. The minimum Gasteiger partial charge on any atom is -0.506 e. The van der Waals surface area contributed by atoms with E-state index in [9.17, 15) is 14.7 Å². The van der Waals surface area contributed by atoms with Crippen molar-refractivity contribution >= 4 is 52.9 Å². The topological polar surface area (TPSA) is 148 Å². The second-order valence-corrected chi connectivity index (χ2v) is 12.9. The van der Waals surface area contributed by atoms with Gasteiger partial charge >= 0.3 is 6.03 Å². The number of hydrogen-bond donors (Lipinski definition) is 5. The zero-order valence-corrected chi connectivity index (χ0v) is 24.8. The highest BCUT2D eigenvalue weighted by Crippen LogP contribution is 2.33. The fourth-order valence-electron chi connectivity index (χ4n) is 6.21. The number of benzene rings is 1. The fraction of sp³-hybridized carbons (Fsp3) is 0.621. The number of aromatic nitrogens is 3. The van der Waals surface area contributed by atoms with Crippen LogP contribution in [-0.2, 0) is 4.79 Å². The Morgan fingerprint density at radius 3 is 2.31 bits per heavy atom. The lowest BCUT2D eigenvalue weighted by Crippen LogP contribution is -2.36. The number of fused-ring (bicyclic) bond motifs is 1. The smallest absolute Gasteiger partial charge is 0.315 e. The predicted molar refractivity (Wildman–Crippen MR) is 166 cm³/mol. The molecule has 4 fully saturated rings. The molecule has 0 aliphatic carbocycles. The Morgan fingerprint density at radius 1 is 0.952 bits per heavy atom. The van der Waals surface area contributed by atoms with Gasteiger partial charge in [0.05, 0.1) is 17.8 Å². The molecule has 13 heteroatoms. The van der Waals surface area contributed by atoms with E-state index in [2.05, 4.69) is 31.1 Å². The average molecular weight is 596 g/mol. The second-order valence-electron chi connectivity index (χ2n) is 11.6. The second kappa shape index (κ2) is 13.2. The van der Waals surface area contributed by atoms with Crippen LogP contribution < -0.4 is 31.1 Å². The SMILES string of the molecule is O=C(CCCCC1SCC2NC(=O)NC21)Nc1ccc(Nc2nc(N3CCCCC3)nc(N3CCCCC3)n2)cc1O. The molecule has 4 saturated heterocycles. The van der Waals surface area contributed by atoms with Crippen LogP contribution >= 0.6 is 11.8 Å². The molecule has 42 heavy (non-hydrogen) atoms. The van der Waals surface area contributed by atoms with Crippen molar-refractivity contribution in [3.8, 4) is 5.75 Å². The van der Waals surface area contributed by atoms with Crippen LogP contribution in [0.3, 0.4) is 0 Å². The molecular weight excluding hydrogens is 554 g/mol. The highest BCUT2D eigenvalue weighted by atomic mass is 32.2. The Balaban J connectivity index is 1.04. The lowest BCUT2D eigenvalue weighted by molar-refractivity contribution is -0.116. The number of unbranched alkanes of at least 4 members (excludes halogenated alkanes) is 1. The summed E-state index contributed by atoms with van der Waals surface area (Å²) in [5.74, 6) is 2.61. The number of amides is 3. The molecule has 12 nitrogen and oxygen atoms in total. The van der Waals surface area contributed by atoms with E-state index in [0.29, 0.717) is 40.9 Å². The van der Waals surface area contributed by atoms with E-state index in [0.717, 1.165) is 76.9 Å². The first-order valence-corrected chi connectivity index (χ1v) is 16.4. The van der Waals surface area contributed by atoms with Gasteiger partial charge in [-0.2, -0.15) is 26.7 Å². The monoisotopic (exact) mass is 595 g/mol. The summed E-state index contributed by atoms with van der Waals surface area (Å²) in [6.07, 6.45) is 9.98. The first-order valence-electron chi connectivity index (χ1n) is 15.4. The largest absolute Gasteiger partial charge is 0.506 e. The summed E-state index contributed by atoms with van der Waals surface area (Å²) < 4.78 is 0. The molecule has 1 aromatic heterocycles. The van der Waals surface area contributed by atoms with Gasteiger partial charge in [0.2, 0.25) is 23.8 Å². The van der Waals surface area contributed by atoms with Crippen LogP contribution in [0, 0.1) is 0 Å². The Labute approximate surface area is 250 Å². The van der Waals surface area contributed by atoms with E-state index in [-0.39, 0.29) is 29.8 Å². The number of hydrogen-bond acceptors (Lipinski definition) is 10. The van der Waals surface area contributed by atoms with Crippen LogP contribution in [0.25, 0.3) is 0 Å². The Kier molecular flexibility index (Phi) is 9.01. The maximum atomic E-state index is 12.6. The van der Waals surface area contributed by atoms with Gasteiger partial charge in [-0.3, -0.25) is 4.79 Å². The van der Waals surface area contributed by atoms with Crippen molar-refractivity contribution in [1.29, 1.82) is 0 Å². The number of phenolic OH excluding ortho intramolecular Hbond substituents is 1. The molecule has 2 aromatic rings. The maximum Gasteiger partial charge on any atom is 0.315 e. The number of anilines is 5. The molecule has 0 bridgehead atoms. The van der Waals surface area contributed by atoms with E-state index in [1.54, 1.807) is 18.2 Å². The molecule has 6 rings (SSSR count). The molecule has 3 amide bonds. The highest BCUT2D eigenvalue weighted by molar-refractivity contribution is 8.00. The highest BCUT2D eigenvalue weighted by Gasteiger charge is 2.42. The fourth-order valence-corrected chi connectivity index (χ4v) is 7.76. The van der Waals surface area contributed by atoms with Crippen LogP contribution in [0.4, 0.5) is 34.0 Å². The van der Waals surface area contributed by atoms with Crippen LogP contribution in [0.1, 0.15) is 64.2 Å². The summed E-state index contributed by atoms with van der Waals surface area (Å²) >= 11 is 1.88. The van der Waals surface area contributed by atoms with E-state index in [4.69, 9.17) is 15.0 Å². The summed E-state index contributed by atoms with van der Waals surface area (Å²) in [6, 6.07) is 5.41. The predicted octanol–water partition coefficient (Wildman–Crippen LogP) is 3.97. The van der Waals surface area contributed by atoms with Crippen molar-refractivity contribution in [2.45, 2.75) is 81.5 Å². The number of urea groups is 1. The number of piperidine rings is 2. The van der Waals surface area contributed by atoms with E-state index in [1.807, 2.05) is 11.8 Å². The third-order valence-corrected chi connectivity index (χ3v) is 10.0. The lowest BCUT2D eigenvalue weighted by atomic mass is 10.0. The summed E-state index contributed by atoms with van der Waals surface area (Å²) in [6.45, 7) is 3.76. The van der Waals surface area contributed by atoms with Gasteiger partial charge in [-0.1, -0.05) is 6.42 Å². The minimum atomic E-state index is -0.131. The standard InChI is InChI=1S/C29H41N9O3S/c39-22-17-19(11-12-20(22)31-24(40)10-4-3-9-23-25-21(18-42-23)32-29(41)33-25)30-26-34-27(37-13-5-1-6-14-37)36-28(35-26)38-15-7-2-8-16-38/h11-12,17,21,23,25,39H,1-10,13-16,18H2,(H,31,40)(H2,32,33,41)(H,30,34,35,36). The molecule has 3 unspecified atom stereocenters. The first-order chi connectivity index (χ1) is 20.5. The van der Waals surface area contributed by atoms with Gasteiger partial charge in [-0.15, -0.1) is 0 Å². The minimum absolute atomic E-state index is 0.0206. The van der Waals surface area contributed by atoms with Crippen molar-refractivity contribution in [3.05, 3.63) is 18.2 Å². The number of aromatic hydroxyl groups is 1. The molecule has 3 atom stereocenters. The van der Waals surface area contributed by atoms with Gasteiger partial charge in [-0.05, 0) is 63.5 Å². The van der Waals surface area contributed by atoms with E-state index >= 15 is 0 Å². The van der Waals surface area contributed by atoms with Crippen LogP contribution in [-0.4, -0.2) is 81.3 Å². The molecule has 0 saturated carbocycles. The molecule has 0 spiro atoms. The number of carbonyl (C=O) groups is 2. The van der Waals surface area contributed by atoms with E-state index < -0.39 is 0 Å². The van der Waals surface area contributed by atoms with Crippen LogP contribution in [0.15, 0.2) is 18.2 Å². The normalized spacial score (nSPS) is 23.7. The zero-order valence-electron chi connectivity index (χ0n) is 24.0. The third-order valence-electron chi connectivity index (χ3n) is 8.50. The summed E-state index contributed by atoms with van der Waals surface area (Å²) in [4.78, 5) is 42.9. The molecular formula is C29H41N9O3S. The van der Waals surface area contributed by atoms with E-state index in [1.165, 1.54) is 12.8 Å². The molecule has 5 N–H and O–H groups in total. The lowest BCUT2D eigenvalue weighted by Gasteiger charge is -2.30. The summed E-state index contributed by atoms with van der Waals surface area (Å²) in [5.41, 5.74) is 1.00. The van der Waals surface area contributed by atoms with Gasteiger partial charge in [0.15, 0.2) is 0 Å². The molecule has 1 aromatic carbocycles. The number of nitrogens with one attached hydrogen (secondary N) is 4. The Hall–Kier alpha value is -3.48. The molecule has 226 valence electrons. The summed E-state index contributed by atoms with van der Waals surface area (Å²) in [5, 5.41) is 23.1.